The largest absolute Gasteiger partial charge is 0.381 e. The van der Waals surface area contributed by atoms with E-state index >= 15 is 0 Å². The molecule has 1 heterocycles. The zero-order valence-electron chi connectivity index (χ0n) is 13.0. The third-order valence-electron chi connectivity index (χ3n) is 5.41. The average Bonchev–Trinajstić information content (AvgIpc) is 2.98. The van der Waals surface area contributed by atoms with E-state index in [2.05, 4.69) is 31.2 Å². The number of nitrogens with zero attached hydrogens (tertiary/aromatic N) is 1. The van der Waals surface area contributed by atoms with Crippen molar-refractivity contribution in [2.45, 2.75) is 57.5 Å². The number of hydrogen-bond donors (Lipinski definition) is 1. The van der Waals surface area contributed by atoms with Gasteiger partial charge in [0.2, 0.25) is 0 Å². The molecular weight excluding hydrogens is 236 g/mol. The molecule has 0 aromatic carbocycles. The summed E-state index contributed by atoms with van der Waals surface area (Å²) < 4.78 is 5.54. The van der Waals surface area contributed by atoms with Gasteiger partial charge in [-0.3, -0.25) is 0 Å². The van der Waals surface area contributed by atoms with E-state index in [0.717, 1.165) is 25.2 Å². The Bertz CT molecular complexity index is 245. The minimum absolute atomic E-state index is 0.594. The van der Waals surface area contributed by atoms with Crippen LogP contribution >= 0.6 is 0 Å². The Kier molecular flexibility index (Phi) is 6.11. The van der Waals surface area contributed by atoms with Crippen LogP contribution in [0.3, 0.4) is 0 Å². The molecule has 19 heavy (non-hydrogen) atoms. The summed E-state index contributed by atoms with van der Waals surface area (Å²) >= 11 is 0. The molecule has 1 aliphatic heterocycles. The fraction of sp³-hybridized carbons (Fsp3) is 1.00. The van der Waals surface area contributed by atoms with E-state index in [9.17, 15) is 0 Å². The van der Waals surface area contributed by atoms with Crippen LogP contribution < -0.4 is 5.32 Å². The monoisotopic (exact) mass is 268 g/mol. The second kappa shape index (κ2) is 7.61. The molecule has 1 N–H and O–H groups in total. The molecule has 0 radical (unpaired) electrons. The second-order valence-corrected chi connectivity index (χ2v) is 6.54. The predicted molar refractivity (Wildman–Crippen MR) is 80.4 cm³/mol. The minimum Gasteiger partial charge on any atom is -0.381 e. The van der Waals surface area contributed by atoms with Gasteiger partial charge in [-0.25, -0.2) is 0 Å². The lowest BCUT2D eigenvalue weighted by Gasteiger charge is -2.37. The van der Waals surface area contributed by atoms with Gasteiger partial charge in [0.05, 0.1) is 6.61 Å². The molecule has 0 bridgehead atoms. The van der Waals surface area contributed by atoms with Crippen LogP contribution in [0.25, 0.3) is 0 Å². The molecule has 1 aliphatic carbocycles. The summed E-state index contributed by atoms with van der Waals surface area (Å²) in [6.45, 7) is 5.41. The van der Waals surface area contributed by atoms with Gasteiger partial charge in [-0.1, -0.05) is 13.3 Å². The molecule has 2 fully saturated rings. The van der Waals surface area contributed by atoms with E-state index in [0.29, 0.717) is 12.0 Å². The maximum atomic E-state index is 5.54. The zero-order valence-corrected chi connectivity index (χ0v) is 13.0. The van der Waals surface area contributed by atoms with Crippen molar-refractivity contribution in [2.24, 2.45) is 11.8 Å². The van der Waals surface area contributed by atoms with Crippen molar-refractivity contribution in [3.63, 3.8) is 0 Å². The zero-order chi connectivity index (χ0) is 13.7. The first kappa shape index (κ1) is 15.3. The van der Waals surface area contributed by atoms with Crippen LogP contribution in [0.1, 0.15) is 45.4 Å². The van der Waals surface area contributed by atoms with E-state index in [4.69, 9.17) is 4.74 Å². The normalized spacial score (nSPS) is 33.8. The summed E-state index contributed by atoms with van der Waals surface area (Å²) in [6.07, 6.45) is 8.25. The van der Waals surface area contributed by atoms with Crippen molar-refractivity contribution in [3.05, 3.63) is 0 Å². The van der Waals surface area contributed by atoms with E-state index in [1.807, 2.05) is 0 Å². The van der Waals surface area contributed by atoms with Gasteiger partial charge >= 0.3 is 0 Å². The van der Waals surface area contributed by atoms with Crippen molar-refractivity contribution in [2.75, 3.05) is 33.9 Å². The summed E-state index contributed by atoms with van der Waals surface area (Å²) in [5.74, 6) is 1.70. The SMILES string of the molecule is CCC1CCC(N(C)CC(NC)C2CCOC2)CC1. The van der Waals surface area contributed by atoms with Gasteiger partial charge < -0.3 is 15.0 Å². The minimum atomic E-state index is 0.594. The van der Waals surface area contributed by atoms with E-state index in [1.54, 1.807) is 0 Å². The van der Waals surface area contributed by atoms with Gasteiger partial charge in [-0.15, -0.1) is 0 Å². The lowest BCUT2D eigenvalue weighted by molar-refractivity contribution is 0.130. The summed E-state index contributed by atoms with van der Waals surface area (Å²) in [6, 6.07) is 1.40. The van der Waals surface area contributed by atoms with Gasteiger partial charge in [0.25, 0.3) is 0 Å². The Morgan fingerprint density at radius 1 is 1.21 bits per heavy atom. The third-order valence-corrected chi connectivity index (χ3v) is 5.41. The molecule has 0 aromatic rings. The third kappa shape index (κ3) is 4.17. The highest BCUT2D eigenvalue weighted by molar-refractivity contribution is 4.84. The van der Waals surface area contributed by atoms with E-state index in [-0.39, 0.29) is 0 Å². The quantitative estimate of drug-likeness (QED) is 0.801. The van der Waals surface area contributed by atoms with Gasteiger partial charge in [-0.05, 0) is 52.1 Å². The van der Waals surface area contributed by atoms with E-state index < -0.39 is 0 Å². The first-order valence-electron chi connectivity index (χ1n) is 8.19. The first-order valence-corrected chi connectivity index (χ1v) is 8.19. The maximum Gasteiger partial charge on any atom is 0.0510 e. The van der Waals surface area contributed by atoms with Crippen molar-refractivity contribution < 1.29 is 4.74 Å². The van der Waals surface area contributed by atoms with Crippen LogP contribution in [0.15, 0.2) is 0 Å². The van der Waals surface area contributed by atoms with Crippen LogP contribution in [0, 0.1) is 11.8 Å². The van der Waals surface area contributed by atoms with Gasteiger partial charge in [0.15, 0.2) is 0 Å². The highest BCUT2D eigenvalue weighted by Crippen LogP contribution is 2.29. The van der Waals surface area contributed by atoms with Crippen molar-refractivity contribution in [1.82, 2.24) is 10.2 Å². The topological polar surface area (TPSA) is 24.5 Å². The smallest absolute Gasteiger partial charge is 0.0510 e. The van der Waals surface area contributed by atoms with E-state index in [1.165, 1.54) is 45.1 Å². The summed E-state index contributed by atoms with van der Waals surface area (Å²) in [5.41, 5.74) is 0. The van der Waals surface area contributed by atoms with Crippen molar-refractivity contribution in [1.29, 1.82) is 0 Å². The number of likely N-dealkylation sites (N-methyl/N-ethyl adjacent to an activating group) is 2. The Hall–Kier alpha value is -0.120. The van der Waals surface area contributed by atoms with Gasteiger partial charge in [0.1, 0.15) is 0 Å². The molecule has 112 valence electrons. The number of ether oxygens (including phenoxy) is 1. The Balaban J connectivity index is 1.77. The maximum absolute atomic E-state index is 5.54. The molecule has 2 unspecified atom stereocenters. The average molecular weight is 268 g/mol. The number of nitrogens with one attached hydrogen (secondary N) is 1. The Labute approximate surface area is 119 Å². The molecule has 2 aliphatic rings. The predicted octanol–water partition coefficient (Wildman–Crippen LogP) is 2.51. The molecule has 0 amide bonds. The molecule has 2 rings (SSSR count). The lowest BCUT2D eigenvalue weighted by Crippen LogP contribution is -2.47. The molecule has 1 saturated heterocycles. The highest BCUT2D eigenvalue weighted by Gasteiger charge is 2.29. The molecule has 0 aromatic heterocycles. The molecule has 1 saturated carbocycles. The van der Waals surface area contributed by atoms with Gasteiger partial charge in [-0.2, -0.15) is 0 Å². The Morgan fingerprint density at radius 2 is 1.95 bits per heavy atom. The standard InChI is InChI=1S/C16H32N2O/c1-4-13-5-7-15(8-6-13)18(3)11-16(17-2)14-9-10-19-12-14/h13-17H,4-12H2,1-3H3. The molecule has 2 atom stereocenters. The summed E-state index contributed by atoms with van der Waals surface area (Å²) in [5, 5.41) is 3.51. The molecule has 0 spiro atoms. The fourth-order valence-corrected chi connectivity index (χ4v) is 3.80. The molecular formula is C16H32N2O. The Morgan fingerprint density at radius 3 is 2.47 bits per heavy atom. The molecule has 3 nitrogen and oxygen atoms in total. The first-order chi connectivity index (χ1) is 9.24. The van der Waals surface area contributed by atoms with Crippen molar-refractivity contribution in [3.8, 4) is 0 Å². The summed E-state index contributed by atoms with van der Waals surface area (Å²) in [4.78, 5) is 2.60. The van der Waals surface area contributed by atoms with Crippen LogP contribution in [0.4, 0.5) is 0 Å². The second-order valence-electron chi connectivity index (χ2n) is 6.54. The number of rotatable bonds is 6. The molecule has 3 heteroatoms. The van der Waals surface area contributed by atoms with Crippen LogP contribution in [-0.2, 0) is 4.74 Å². The number of hydrogen-bond acceptors (Lipinski definition) is 3. The van der Waals surface area contributed by atoms with Crippen LogP contribution in [-0.4, -0.2) is 50.8 Å². The lowest BCUT2D eigenvalue weighted by atomic mass is 9.84. The van der Waals surface area contributed by atoms with Crippen molar-refractivity contribution >= 4 is 0 Å². The van der Waals surface area contributed by atoms with Crippen LogP contribution in [0.5, 0.6) is 0 Å². The summed E-state index contributed by atoms with van der Waals surface area (Å²) in [7, 11) is 4.42. The van der Waals surface area contributed by atoms with Gasteiger partial charge in [0, 0.05) is 31.2 Å². The highest BCUT2D eigenvalue weighted by atomic mass is 16.5. The van der Waals surface area contributed by atoms with Crippen LogP contribution in [0.2, 0.25) is 0 Å². The fourth-order valence-electron chi connectivity index (χ4n) is 3.80.